The first-order valence-corrected chi connectivity index (χ1v) is 10.4. The monoisotopic (exact) mass is 458 g/mol. The lowest BCUT2D eigenvalue weighted by molar-refractivity contribution is -0.145. The fourth-order valence-corrected chi connectivity index (χ4v) is 3.54. The SMILES string of the molecule is CCOC(=O)COc1ccc(/C=C2/SC(=O)N(CC(=O)Nc3cccc(F)c3)C2=O)cc1. The molecule has 3 rings (SSSR count). The molecule has 1 aliphatic rings. The molecule has 0 radical (unpaired) electrons. The number of imide groups is 1. The predicted octanol–water partition coefficient (Wildman–Crippen LogP) is 3.44. The van der Waals surface area contributed by atoms with E-state index >= 15 is 0 Å². The third kappa shape index (κ3) is 6.17. The standard InChI is InChI=1S/C22H19FN2O6S/c1-2-30-20(27)13-31-17-8-6-14(7-9-17)10-18-21(28)25(22(29)32-18)12-19(26)24-16-5-3-4-15(23)11-16/h3-11H,2,12-13H2,1H3,(H,24,26)/b18-10+. The molecule has 32 heavy (non-hydrogen) atoms. The number of hydrogen-bond donors (Lipinski definition) is 1. The zero-order valence-electron chi connectivity index (χ0n) is 17.0. The van der Waals surface area contributed by atoms with Crippen molar-refractivity contribution in [1.82, 2.24) is 4.90 Å². The van der Waals surface area contributed by atoms with Crippen LogP contribution in [0.25, 0.3) is 6.08 Å². The van der Waals surface area contributed by atoms with Gasteiger partial charge in [0.2, 0.25) is 5.91 Å². The van der Waals surface area contributed by atoms with Gasteiger partial charge >= 0.3 is 5.97 Å². The van der Waals surface area contributed by atoms with E-state index in [1.807, 2.05) is 0 Å². The normalized spacial score (nSPS) is 14.6. The van der Waals surface area contributed by atoms with Crippen molar-refractivity contribution in [3.63, 3.8) is 0 Å². The summed E-state index contributed by atoms with van der Waals surface area (Å²) in [4.78, 5) is 49.3. The van der Waals surface area contributed by atoms with Crippen LogP contribution >= 0.6 is 11.8 Å². The van der Waals surface area contributed by atoms with Crippen LogP contribution in [0.5, 0.6) is 5.75 Å². The van der Waals surface area contributed by atoms with Crippen LogP contribution in [-0.4, -0.2) is 47.7 Å². The summed E-state index contributed by atoms with van der Waals surface area (Å²) < 4.78 is 23.3. The maximum absolute atomic E-state index is 13.2. The number of halogens is 1. The van der Waals surface area contributed by atoms with Gasteiger partial charge in [-0.25, -0.2) is 9.18 Å². The van der Waals surface area contributed by atoms with Crippen molar-refractivity contribution in [2.75, 3.05) is 25.1 Å². The Morgan fingerprint density at radius 1 is 1.16 bits per heavy atom. The van der Waals surface area contributed by atoms with Gasteiger partial charge in [-0.05, 0) is 60.7 Å². The average molecular weight is 458 g/mol. The van der Waals surface area contributed by atoms with Crippen molar-refractivity contribution in [3.8, 4) is 5.75 Å². The van der Waals surface area contributed by atoms with Crippen LogP contribution in [0.3, 0.4) is 0 Å². The Balaban J connectivity index is 1.59. The van der Waals surface area contributed by atoms with Gasteiger partial charge in [-0.1, -0.05) is 18.2 Å². The van der Waals surface area contributed by atoms with Gasteiger partial charge in [-0.15, -0.1) is 0 Å². The van der Waals surface area contributed by atoms with Crippen molar-refractivity contribution < 1.29 is 33.0 Å². The van der Waals surface area contributed by atoms with E-state index in [4.69, 9.17) is 9.47 Å². The number of nitrogens with one attached hydrogen (secondary N) is 1. The van der Waals surface area contributed by atoms with Gasteiger partial charge in [0.15, 0.2) is 6.61 Å². The second kappa shape index (κ2) is 10.6. The van der Waals surface area contributed by atoms with Crippen LogP contribution in [0, 0.1) is 5.82 Å². The van der Waals surface area contributed by atoms with Crippen molar-refractivity contribution in [3.05, 3.63) is 64.8 Å². The molecule has 0 unspecified atom stereocenters. The number of thioether (sulfide) groups is 1. The lowest BCUT2D eigenvalue weighted by Gasteiger charge is -2.12. The topological polar surface area (TPSA) is 102 Å². The Morgan fingerprint density at radius 3 is 2.59 bits per heavy atom. The molecule has 2 aromatic rings. The summed E-state index contributed by atoms with van der Waals surface area (Å²) >= 11 is 0.717. The zero-order valence-corrected chi connectivity index (χ0v) is 17.8. The molecular weight excluding hydrogens is 439 g/mol. The van der Waals surface area contributed by atoms with E-state index in [-0.39, 0.29) is 23.8 Å². The van der Waals surface area contributed by atoms with Crippen molar-refractivity contribution in [1.29, 1.82) is 0 Å². The fourth-order valence-electron chi connectivity index (χ4n) is 2.70. The lowest BCUT2D eigenvalue weighted by atomic mass is 10.2. The molecular formula is C22H19FN2O6S. The third-order valence-electron chi connectivity index (χ3n) is 4.12. The first kappa shape index (κ1) is 23.0. The van der Waals surface area contributed by atoms with E-state index in [0.717, 1.165) is 22.7 Å². The molecule has 2 aromatic carbocycles. The molecule has 10 heteroatoms. The number of carbonyl (C=O) groups excluding carboxylic acids is 4. The highest BCUT2D eigenvalue weighted by atomic mass is 32.2. The highest BCUT2D eigenvalue weighted by Gasteiger charge is 2.36. The molecule has 1 N–H and O–H groups in total. The van der Waals surface area contributed by atoms with Crippen LogP contribution in [-0.2, 0) is 19.1 Å². The van der Waals surface area contributed by atoms with Crippen LogP contribution < -0.4 is 10.1 Å². The molecule has 0 bridgehead atoms. The number of esters is 1. The number of benzene rings is 2. The number of anilines is 1. The Morgan fingerprint density at radius 2 is 1.91 bits per heavy atom. The van der Waals surface area contributed by atoms with E-state index in [1.165, 1.54) is 24.3 Å². The van der Waals surface area contributed by atoms with Gasteiger partial charge in [0.05, 0.1) is 11.5 Å². The van der Waals surface area contributed by atoms with Crippen LogP contribution in [0.2, 0.25) is 0 Å². The lowest BCUT2D eigenvalue weighted by Crippen LogP contribution is -2.36. The molecule has 0 atom stereocenters. The Hall–Kier alpha value is -3.66. The minimum Gasteiger partial charge on any atom is -0.482 e. The second-order valence-electron chi connectivity index (χ2n) is 6.49. The number of rotatable bonds is 8. The Bertz CT molecular complexity index is 1070. The summed E-state index contributed by atoms with van der Waals surface area (Å²) in [6.45, 7) is 1.26. The van der Waals surface area contributed by atoms with Gasteiger partial charge < -0.3 is 14.8 Å². The van der Waals surface area contributed by atoms with E-state index in [9.17, 15) is 23.6 Å². The molecule has 1 aliphatic heterocycles. The van der Waals surface area contributed by atoms with Gasteiger partial charge in [0, 0.05) is 5.69 Å². The minimum atomic E-state index is -0.623. The summed E-state index contributed by atoms with van der Waals surface area (Å²) in [5, 5.41) is 1.87. The van der Waals surface area contributed by atoms with Crippen LogP contribution in [0.1, 0.15) is 12.5 Å². The maximum atomic E-state index is 13.2. The molecule has 0 spiro atoms. The molecule has 0 aromatic heterocycles. The third-order valence-corrected chi connectivity index (χ3v) is 5.03. The Labute approximate surface area is 187 Å². The highest BCUT2D eigenvalue weighted by molar-refractivity contribution is 8.18. The smallest absolute Gasteiger partial charge is 0.344 e. The molecule has 0 saturated carbocycles. The van der Waals surface area contributed by atoms with Crippen molar-refractivity contribution >= 4 is 46.5 Å². The second-order valence-corrected chi connectivity index (χ2v) is 7.48. The largest absolute Gasteiger partial charge is 0.482 e. The number of nitrogens with zero attached hydrogens (tertiary/aromatic N) is 1. The fraction of sp³-hybridized carbons (Fsp3) is 0.182. The van der Waals surface area contributed by atoms with Crippen molar-refractivity contribution in [2.24, 2.45) is 0 Å². The van der Waals surface area contributed by atoms with E-state index in [2.05, 4.69) is 5.32 Å². The molecule has 1 saturated heterocycles. The van der Waals surface area contributed by atoms with E-state index in [1.54, 1.807) is 31.2 Å². The first-order valence-electron chi connectivity index (χ1n) is 9.55. The molecule has 1 fully saturated rings. The highest BCUT2D eigenvalue weighted by Crippen LogP contribution is 2.32. The molecule has 166 valence electrons. The predicted molar refractivity (Wildman–Crippen MR) is 116 cm³/mol. The van der Waals surface area contributed by atoms with E-state index in [0.29, 0.717) is 11.3 Å². The van der Waals surface area contributed by atoms with Crippen LogP contribution in [0.4, 0.5) is 14.9 Å². The minimum absolute atomic E-state index is 0.161. The summed E-state index contributed by atoms with van der Waals surface area (Å²) in [6, 6.07) is 11.8. The van der Waals surface area contributed by atoms with Crippen LogP contribution in [0.15, 0.2) is 53.4 Å². The average Bonchev–Trinajstić information content (AvgIpc) is 3.01. The number of ether oxygens (including phenoxy) is 2. The molecule has 0 aliphatic carbocycles. The van der Waals surface area contributed by atoms with E-state index < -0.39 is 35.4 Å². The van der Waals surface area contributed by atoms with Gasteiger partial charge in [-0.3, -0.25) is 19.3 Å². The Kier molecular flexibility index (Phi) is 7.61. The first-order chi connectivity index (χ1) is 15.4. The summed E-state index contributed by atoms with van der Waals surface area (Å²) in [6.07, 6.45) is 1.52. The number of carbonyl (C=O) groups is 4. The molecule has 3 amide bonds. The molecule has 8 nitrogen and oxygen atoms in total. The number of hydrogen-bond acceptors (Lipinski definition) is 7. The maximum Gasteiger partial charge on any atom is 0.344 e. The van der Waals surface area contributed by atoms with Crippen molar-refractivity contribution in [2.45, 2.75) is 6.92 Å². The quantitative estimate of drug-likeness (QED) is 0.478. The van der Waals surface area contributed by atoms with Gasteiger partial charge in [-0.2, -0.15) is 0 Å². The number of amides is 3. The summed E-state index contributed by atoms with van der Waals surface area (Å²) in [5.41, 5.74) is 0.853. The summed E-state index contributed by atoms with van der Waals surface area (Å²) in [7, 11) is 0. The molecule has 1 heterocycles. The summed E-state index contributed by atoms with van der Waals surface area (Å²) in [5.74, 6) is -1.78. The zero-order chi connectivity index (χ0) is 23.1. The van der Waals surface area contributed by atoms with Gasteiger partial charge in [0.25, 0.3) is 11.1 Å². The van der Waals surface area contributed by atoms with Gasteiger partial charge in [0.1, 0.15) is 18.1 Å².